The molecule has 0 aliphatic heterocycles. The molecule has 4 rings (SSSR count). The number of benzene rings is 1. The second kappa shape index (κ2) is 5.01. The van der Waals surface area contributed by atoms with Crippen LogP contribution in [0.25, 0.3) is 21.3 Å². The largest absolute Gasteiger partial charge is 0.431 e. The summed E-state index contributed by atoms with van der Waals surface area (Å²) in [6, 6.07) is 9.63. The van der Waals surface area contributed by atoms with E-state index in [0.717, 1.165) is 21.3 Å². The van der Waals surface area contributed by atoms with Crippen LogP contribution in [0.1, 0.15) is 5.82 Å². The first-order chi connectivity index (χ1) is 10.3. The van der Waals surface area contributed by atoms with E-state index in [-0.39, 0.29) is 0 Å². The Bertz CT molecular complexity index is 898. The van der Waals surface area contributed by atoms with Crippen LogP contribution in [-0.4, -0.2) is 15.0 Å². The lowest BCUT2D eigenvalue weighted by Gasteiger charge is -2.00. The molecule has 0 radical (unpaired) electrons. The molecular weight excluding hydrogens is 304 g/mol. The lowest BCUT2D eigenvalue weighted by Crippen LogP contribution is -1.98. The molecule has 0 saturated heterocycles. The van der Waals surface area contributed by atoms with Gasteiger partial charge in [0.15, 0.2) is 5.58 Å². The number of fused-ring (bicyclic) bond motifs is 2. The second-order valence-corrected chi connectivity index (χ2v) is 6.22. The summed E-state index contributed by atoms with van der Waals surface area (Å²) < 4.78 is 5.66. The van der Waals surface area contributed by atoms with Crippen molar-refractivity contribution in [2.24, 2.45) is 0 Å². The Morgan fingerprint density at radius 2 is 2.05 bits per heavy atom. The van der Waals surface area contributed by atoms with Crippen LogP contribution < -0.4 is 5.73 Å². The molecule has 0 atom stereocenters. The van der Waals surface area contributed by atoms with Crippen LogP contribution in [0.2, 0.25) is 0 Å². The molecule has 0 aliphatic carbocycles. The molecule has 3 aromatic heterocycles. The van der Waals surface area contributed by atoms with E-state index >= 15 is 0 Å². The van der Waals surface area contributed by atoms with Crippen LogP contribution in [0.3, 0.4) is 0 Å². The molecule has 0 unspecified atom stereocenters. The molecule has 21 heavy (non-hydrogen) atoms. The van der Waals surface area contributed by atoms with E-state index in [9.17, 15) is 0 Å². The molecule has 1 aromatic carbocycles. The minimum absolute atomic E-state index is 0.523. The number of nitrogen functional groups attached to an aromatic ring is 1. The van der Waals surface area contributed by atoms with Crippen molar-refractivity contribution in [3.8, 4) is 0 Å². The number of rotatable bonds is 3. The molecule has 2 N–H and O–H groups in total. The van der Waals surface area contributed by atoms with Gasteiger partial charge in [-0.15, -0.1) is 11.3 Å². The van der Waals surface area contributed by atoms with Gasteiger partial charge in [-0.1, -0.05) is 23.9 Å². The predicted octanol–water partition coefficient (Wildman–Crippen LogP) is 3.71. The first-order valence-corrected chi connectivity index (χ1v) is 8.14. The van der Waals surface area contributed by atoms with Gasteiger partial charge in [-0.05, 0) is 23.6 Å². The highest BCUT2D eigenvalue weighted by molar-refractivity contribution is 7.98. The van der Waals surface area contributed by atoms with Gasteiger partial charge >= 0.3 is 0 Å². The highest BCUT2D eigenvalue weighted by Gasteiger charge is 2.10. The molecule has 0 saturated carbocycles. The third-order valence-corrected chi connectivity index (χ3v) is 4.63. The molecule has 0 aliphatic rings. The number of anilines is 1. The molecule has 0 amide bonds. The van der Waals surface area contributed by atoms with Gasteiger partial charge < -0.3 is 10.2 Å². The number of thiophene rings is 1. The third kappa shape index (κ3) is 2.34. The zero-order chi connectivity index (χ0) is 14.2. The quantitative estimate of drug-likeness (QED) is 0.581. The average molecular weight is 314 g/mol. The summed E-state index contributed by atoms with van der Waals surface area (Å²) in [6.45, 7) is 0. The number of nitrogens with zero attached hydrogens (tertiary/aromatic N) is 3. The van der Waals surface area contributed by atoms with Crippen molar-refractivity contribution in [1.82, 2.24) is 15.0 Å². The Kier molecular flexibility index (Phi) is 3.01. The minimum Gasteiger partial charge on any atom is -0.431 e. The van der Waals surface area contributed by atoms with Crippen molar-refractivity contribution in [2.75, 3.05) is 5.73 Å². The van der Waals surface area contributed by atoms with Gasteiger partial charge in [0.05, 0.1) is 11.1 Å². The molecular formula is C14H10N4OS2. The lowest BCUT2D eigenvalue weighted by molar-refractivity contribution is 0.489. The Morgan fingerprint density at radius 1 is 1.14 bits per heavy atom. The van der Waals surface area contributed by atoms with Gasteiger partial charge in [0, 0.05) is 0 Å². The first-order valence-electron chi connectivity index (χ1n) is 6.27. The Morgan fingerprint density at radius 3 is 2.95 bits per heavy atom. The lowest BCUT2D eigenvalue weighted by atomic mass is 10.3. The van der Waals surface area contributed by atoms with Crippen LogP contribution in [-0.2, 0) is 5.75 Å². The molecule has 104 valence electrons. The van der Waals surface area contributed by atoms with Gasteiger partial charge in [0.1, 0.15) is 22.0 Å². The number of hydrogen-bond donors (Lipinski definition) is 1. The maximum absolute atomic E-state index is 5.94. The Balaban J connectivity index is 1.59. The predicted molar refractivity (Wildman–Crippen MR) is 85.4 cm³/mol. The first kappa shape index (κ1) is 12.6. The van der Waals surface area contributed by atoms with Crippen LogP contribution >= 0.6 is 23.1 Å². The summed E-state index contributed by atoms with van der Waals surface area (Å²) >= 11 is 3.03. The second-order valence-electron chi connectivity index (χ2n) is 4.40. The van der Waals surface area contributed by atoms with Crippen molar-refractivity contribution >= 4 is 50.2 Å². The summed E-state index contributed by atoms with van der Waals surface area (Å²) in [6.07, 6.45) is 0. The molecule has 0 spiro atoms. The highest BCUT2D eigenvalue weighted by atomic mass is 32.2. The summed E-state index contributed by atoms with van der Waals surface area (Å²) in [5, 5.41) is 3.49. The zero-order valence-corrected chi connectivity index (χ0v) is 12.4. The molecule has 4 aromatic rings. The van der Waals surface area contributed by atoms with Crippen LogP contribution in [0, 0.1) is 0 Å². The van der Waals surface area contributed by atoms with Gasteiger partial charge in [-0.25, -0.2) is 15.0 Å². The van der Waals surface area contributed by atoms with Crippen molar-refractivity contribution in [3.05, 3.63) is 41.5 Å². The smallest absolute Gasteiger partial charge is 0.257 e. The summed E-state index contributed by atoms with van der Waals surface area (Å²) in [5.41, 5.74) is 7.58. The number of oxazole rings is 1. The third-order valence-electron chi connectivity index (χ3n) is 3.00. The Labute approximate surface area is 128 Å². The van der Waals surface area contributed by atoms with Gasteiger partial charge in [-0.2, -0.15) is 0 Å². The molecule has 3 heterocycles. The monoisotopic (exact) mass is 314 g/mol. The van der Waals surface area contributed by atoms with E-state index in [1.165, 1.54) is 11.8 Å². The number of hydrogen-bond acceptors (Lipinski definition) is 7. The SMILES string of the molecule is Nc1nc(CSc2nc3ccccc3o2)nc2sccc12. The molecule has 0 fully saturated rings. The van der Waals surface area contributed by atoms with Gasteiger partial charge in [0.25, 0.3) is 5.22 Å². The van der Waals surface area contributed by atoms with Crippen LogP contribution in [0.5, 0.6) is 0 Å². The summed E-state index contributed by atoms with van der Waals surface area (Å²) in [4.78, 5) is 14.2. The molecule has 7 heteroatoms. The number of thioether (sulfide) groups is 1. The fourth-order valence-corrected chi connectivity index (χ4v) is 3.51. The van der Waals surface area contributed by atoms with E-state index in [2.05, 4.69) is 15.0 Å². The Hall–Kier alpha value is -2.12. The van der Waals surface area contributed by atoms with E-state index in [4.69, 9.17) is 10.2 Å². The van der Waals surface area contributed by atoms with Crippen molar-refractivity contribution in [1.29, 1.82) is 0 Å². The standard InChI is InChI=1S/C14H10N4OS2/c15-12-8-5-6-20-13(8)18-11(17-12)7-21-14-16-9-3-1-2-4-10(9)19-14/h1-6H,7H2,(H2,15,17,18). The maximum Gasteiger partial charge on any atom is 0.257 e. The zero-order valence-electron chi connectivity index (χ0n) is 10.8. The van der Waals surface area contributed by atoms with Crippen molar-refractivity contribution < 1.29 is 4.42 Å². The fraction of sp³-hybridized carbons (Fsp3) is 0.0714. The minimum atomic E-state index is 0.523. The van der Waals surface area contributed by atoms with Crippen molar-refractivity contribution in [3.63, 3.8) is 0 Å². The summed E-state index contributed by atoms with van der Waals surface area (Å²) in [7, 11) is 0. The van der Waals surface area contributed by atoms with E-state index in [0.29, 0.717) is 22.6 Å². The number of nitrogens with two attached hydrogens (primary N) is 1. The van der Waals surface area contributed by atoms with E-state index in [1.807, 2.05) is 35.7 Å². The van der Waals surface area contributed by atoms with Crippen LogP contribution in [0.15, 0.2) is 45.4 Å². The van der Waals surface area contributed by atoms with Crippen LogP contribution in [0.4, 0.5) is 5.82 Å². The molecule has 5 nitrogen and oxygen atoms in total. The fourth-order valence-electron chi connectivity index (χ4n) is 2.03. The van der Waals surface area contributed by atoms with Gasteiger partial charge in [0.2, 0.25) is 0 Å². The maximum atomic E-state index is 5.94. The number of aromatic nitrogens is 3. The number of para-hydroxylation sites is 2. The average Bonchev–Trinajstić information content (AvgIpc) is 3.11. The molecule has 0 bridgehead atoms. The van der Waals surface area contributed by atoms with Gasteiger partial charge in [-0.3, -0.25) is 0 Å². The topological polar surface area (TPSA) is 77.8 Å². The van der Waals surface area contributed by atoms with E-state index in [1.54, 1.807) is 11.3 Å². The van der Waals surface area contributed by atoms with E-state index < -0.39 is 0 Å². The highest BCUT2D eigenvalue weighted by Crippen LogP contribution is 2.27. The summed E-state index contributed by atoms with van der Waals surface area (Å²) in [5.74, 6) is 1.79. The van der Waals surface area contributed by atoms with Crippen molar-refractivity contribution in [2.45, 2.75) is 11.0 Å². The normalized spacial score (nSPS) is 11.4.